The fraction of sp³-hybridized carbons (Fsp3) is 0.0714. The number of allylic oxidation sites excluding steroid dienone is 3. The molecule has 74 valence electrons. The molecule has 0 atom stereocenters. The maximum absolute atomic E-state index is 4.39. The monoisotopic (exact) mass is 195 g/mol. The van der Waals surface area contributed by atoms with Crippen molar-refractivity contribution in [2.24, 2.45) is 0 Å². The minimum absolute atomic E-state index is 0.996. The van der Waals surface area contributed by atoms with Gasteiger partial charge in [0, 0.05) is 17.1 Å². The van der Waals surface area contributed by atoms with Crippen molar-refractivity contribution in [3.8, 4) is 0 Å². The molecule has 1 heteroatoms. The molecule has 0 aliphatic rings. The van der Waals surface area contributed by atoms with Crippen molar-refractivity contribution in [2.75, 3.05) is 0 Å². The summed E-state index contributed by atoms with van der Waals surface area (Å²) >= 11 is 0. The highest BCUT2D eigenvalue weighted by atomic mass is 14.6. The fourth-order valence-electron chi connectivity index (χ4n) is 1.54. The predicted molar refractivity (Wildman–Crippen MR) is 65.6 cm³/mol. The molecule has 0 bridgehead atoms. The Bertz CT molecular complexity index is 524. The Hall–Kier alpha value is -1.89. The summed E-state index contributed by atoms with van der Waals surface area (Å²) in [6, 6.07) is 10.2. The number of aromatic nitrogens is 1. The molecule has 0 unspecified atom stereocenters. The number of hydrogen-bond donors (Lipinski definition) is 0. The molecule has 0 aliphatic heterocycles. The molecule has 0 fully saturated rings. The minimum atomic E-state index is 0.996. The van der Waals surface area contributed by atoms with Crippen molar-refractivity contribution >= 4 is 16.5 Å². The number of benzene rings is 1. The number of nitrogens with zero attached hydrogens (tertiary/aromatic N) is 1. The van der Waals surface area contributed by atoms with Crippen LogP contribution in [0.5, 0.6) is 0 Å². The zero-order valence-electron chi connectivity index (χ0n) is 8.77. The van der Waals surface area contributed by atoms with Crippen LogP contribution in [0.2, 0.25) is 0 Å². The van der Waals surface area contributed by atoms with E-state index >= 15 is 0 Å². The SMILES string of the molecule is C=C(/C=C\C)c1cnc2ccccc2c1. The van der Waals surface area contributed by atoms with Gasteiger partial charge in [-0.25, -0.2) is 0 Å². The molecule has 2 aromatic rings. The smallest absolute Gasteiger partial charge is 0.0702 e. The van der Waals surface area contributed by atoms with Gasteiger partial charge in [0.15, 0.2) is 0 Å². The molecule has 0 radical (unpaired) electrons. The van der Waals surface area contributed by atoms with E-state index in [4.69, 9.17) is 0 Å². The first kappa shape index (κ1) is 9.66. The highest BCUT2D eigenvalue weighted by Crippen LogP contribution is 2.18. The Balaban J connectivity index is 2.51. The number of para-hydroxylation sites is 1. The van der Waals surface area contributed by atoms with Gasteiger partial charge in [0.25, 0.3) is 0 Å². The second kappa shape index (κ2) is 4.09. The molecule has 0 aliphatic carbocycles. The van der Waals surface area contributed by atoms with Crippen LogP contribution in [0.3, 0.4) is 0 Å². The highest BCUT2D eigenvalue weighted by Gasteiger charge is 1.98. The van der Waals surface area contributed by atoms with E-state index in [1.54, 1.807) is 0 Å². The largest absolute Gasteiger partial charge is 0.256 e. The van der Waals surface area contributed by atoms with Crippen molar-refractivity contribution in [3.63, 3.8) is 0 Å². The number of rotatable bonds is 2. The van der Waals surface area contributed by atoms with Crippen molar-refractivity contribution in [1.29, 1.82) is 0 Å². The van der Waals surface area contributed by atoms with Gasteiger partial charge in [-0.1, -0.05) is 36.9 Å². The average Bonchev–Trinajstić information content (AvgIpc) is 2.29. The molecule has 0 amide bonds. The minimum Gasteiger partial charge on any atom is -0.256 e. The lowest BCUT2D eigenvalue weighted by Gasteiger charge is -2.02. The zero-order valence-corrected chi connectivity index (χ0v) is 8.77. The van der Waals surface area contributed by atoms with Crippen LogP contribution in [0.25, 0.3) is 16.5 Å². The number of pyridine rings is 1. The van der Waals surface area contributed by atoms with E-state index in [2.05, 4.69) is 23.7 Å². The number of fused-ring (bicyclic) bond motifs is 1. The van der Waals surface area contributed by atoms with E-state index in [-0.39, 0.29) is 0 Å². The summed E-state index contributed by atoms with van der Waals surface area (Å²) in [5, 5.41) is 1.15. The van der Waals surface area contributed by atoms with Gasteiger partial charge in [0.05, 0.1) is 5.52 Å². The number of hydrogen-bond acceptors (Lipinski definition) is 1. The molecular weight excluding hydrogens is 182 g/mol. The van der Waals surface area contributed by atoms with Crippen molar-refractivity contribution < 1.29 is 0 Å². The van der Waals surface area contributed by atoms with Gasteiger partial charge in [-0.15, -0.1) is 0 Å². The summed E-state index contributed by atoms with van der Waals surface area (Å²) < 4.78 is 0. The van der Waals surface area contributed by atoms with Gasteiger partial charge in [0.2, 0.25) is 0 Å². The third kappa shape index (κ3) is 1.96. The van der Waals surface area contributed by atoms with E-state index in [0.717, 1.165) is 22.0 Å². The molecule has 0 spiro atoms. The molecule has 15 heavy (non-hydrogen) atoms. The highest BCUT2D eigenvalue weighted by molar-refractivity contribution is 5.83. The van der Waals surface area contributed by atoms with Crippen LogP contribution in [0.1, 0.15) is 12.5 Å². The van der Waals surface area contributed by atoms with Crippen LogP contribution < -0.4 is 0 Å². The third-order valence-electron chi connectivity index (χ3n) is 2.33. The second-order valence-corrected chi connectivity index (χ2v) is 3.44. The van der Waals surface area contributed by atoms with E-state index in [1.807, 2.05) is 43.5 Å². The van der Waals surface area contributed by atoms with Crippen LogP contribution in [0.15, 0.2) is 55.3 Å². The first-order chi connectivity index (χ1) is 7.31. The van der Waals surface area contributed by atoms with Crippen LogP contribution >= 0.6 is 0 Å². The van der Waals surface area contributed by atoms with Crippen molar-refractivity contribution in [3.05, 3.63) is 60.8 Å². The molecule has 1 aromatic heterocycles. The Labute approximate surface area is 89.8 Å². The Kier molecular flexibility index (Phi) is 2.64. The Morgan fingerprint density at radius 3 is 2.93 bits per heavy atom. The summed E-state index contributed by atoms with van der Waals surface area (Å²) in [7, 11) is 0. The second-order valence-electron chi connectivity index (χ2n) is 3.44. The first-order valence-electron chi connectivity index (χ1n) is 4.98. The van der Waals surface area contributed by atoms with Crippen LogP contribution in [-0.4, -0.2) is 4.98 Å². The van der Waals surface area contributed by atoms with Crippen molar-refractivity contribution in [1.82, 2.24) is 4.98 Å². The maximum atomic E-state index is 4.39. The standard InChI is InChI=1S/C14H13N/c1-3-6-11(2)13-9-12-7-4-5-8-14(12)15-10-13/h3-10H,2H2,1H3/b6-3-. The summed E-state index contributed by atoms with van der Waals surface area (Å²) in [6.45, 7) is 5.98. The maximum Gasteiger partial charge on any atom is 0.0702 e. The fourth-order valence-corrected chi connectivity index (χ4v) is 1.54. The van der Waals surface area contributed by atoms with Gasteiger partial charge in [-0.3, -0.25) is 4.98 Å². The van der Waals surface area contributed by atoms with E-state index in [9.17, 15) is 0 Å². The molecule has 1 aromatic carbocycles. The normalized spacial score (nSPS) is 11.0. The van der Waals surface area contributed by atoms with Crippen LogP contribution in [0, 0.1) is 0 Å². The molecule has 1 heterocycles. The molecule has 1 nitrogen and oxygen atoms in total. The lowest BCUT2D eigenvalue weighted by atomic mass is 10.1. The van der Waals surface area contributed by atoms with E-state index in [0.29, 0.717) is 0 Å². The van der Waals surface area contributed by atoms with Crippen LogP contribution in [0.4, 0.5) is 0 Å². The lowest BCUT2D eigenvalue weighted by molar-refractivity contribution is 1.39. The first-order valence-corrected chi connectivity index (χ1v) is 4.98. The molecular formula is C14H13N. The lowest BCUT2D eigenvalue weighted by Crippen LogP contribution is -1.83. The van der Waals surface area contributed by atoms with Gasteiger partial charge >= 0.3 is 0 Å². The topological polar surface area (TPSA) is 12.9 Å². The van der Waals surface area contributed by atoms with E-state index < -0.39 is 0 Å². The van der Waals surface area contributed by atoms with E-state index in [1.165, 1.54) is 0 Å². The van der Waals surface area contributed by atoms with Crippen molar-refractivity contribution in [2.45, 2.75) is 6.92 Å². The predicted octanol–water partition coefficient (Wildman–Crippen LogP) is 3.82. The van der Waals surface area contributed by atoms with Gasteiger partial charge in [-0.2, -0.15) is 0 Å². The molecule has 0 saturated heterocycles. The van der Waals surface area contributed by atoms with Gasteiger partial charge in [-0.05, 0) is 24.6 Å². The van der Waals surface area contributed by atoms with Gasteiger partial charge in [0.1, 0.15) is 0 Å². The Morgan fingerprint density at radius 1 is 1.33 bits per heavy atom. The third-order valence-corrected chi connectivity index (χ3v) is 2.33. The molecule has 0 N–H and O–H groups in total. The summed E-state index contributed by atoms with van der Waals surface area (Å²) in [4.78, 5) is 4.39. The quantitative estimate of drug-likeness (QED) is 0.664. The summed E-state index contributed by atoms with van der Waals surface area (Å²) in [5.41, 5.74) is 3.09. The molecule has 2 rings (SSSR count). The Morgan fingerprint density at radius 2 is 2.13 bits per heavy atom. The molecule has 0 saturated carbocycles. The summed E-state index contributed by atoms with van der Waals surface area (Å²) in [6.07, 6.45) is 5.84. The summed E-state index contributed by atoms with van der Waals surface area (Å²) in [5.74, 6) is 0. The average molecular weight is 195 g/mol. The van der Waals surface area contributed by atoms with Crippen LogP contribution in [-0.2, 0) is 0 Å². The zero-order chi connectivity index (χ0) is 10.7. The van der Waals surface area contributed by atoms with Gasteiger partial charge < -0.3 is 0 Å².